The van der Waals surface area contributed by atoms with Crippen molar-refractivity contribution in [1.29, 1.82) is 0 Å². The second-order valence-corrected chi connectivity index (χ2v) is 5.51. The highest BCUT2D eigenvalue weighted by Crippen LogP contribution is 2.20. The van der Waals surface area contributed by atoms with Crippen LogP contribution in [0.4, 0.5) is 0 Å². The van der Waals surface area contributed by atoms with Crippen molar-refractivity contribution >= 4 is 28.5 Å². The highest BCUT2D eigenvalue weighted by Gasteiger charge is 2.15. The molecule has 0 aliphatic carbocycles. The minimum Gasteiger partial charge on any atom is -0.507 e. The molecule has 2 rings (SSSR count). The quantitative estimate of drug-likeness (QED) is 0.810. The number of halogens is 1. The standard InChI is InChI=1S/C13H16INO3/c14-11-4-3-9(8-12(11)16)13(17)15-6-5-10-2-1-7-18-10/h3-4,8,10,16H,1-2,5-7H2,(H,15,17). The lowest BCUT2D eigenvalue weighted by atomic mass is 10.1. The number of hydrogen-bond acceptors (Lipinski definition) is 3. The Balaban J connectivity index is 1.81. The molecule has 0 bridgehead atoms. The second kappa shape index (κ2) is 6.38. The van der Waals surface area contributed by atoms with Crippen LogP contribution in [0.2, 0.25) is 0 Å². The number of benzene rings is 1. The minimum atomic E-state index is -0.153. The van der Waals surface area contributed by atoms with Gasteiger partial charge in [-0.25, -0.2) is 0 Å². The number of rotatable bonds is 4. The molecule has 1 unspecified atom stereocenters. The van der Waals surface area contributed by atoms with E-state index in [9.17, 15) is 9.90 Å². The fourth-order valence-electron chi connectivity index (χ4n) is 1.97. The zero-order valence-electron chi connectivity index (χ0n) is 9.99. The Morgan fingerprint density at radius 1 is 1.56 bits per heavy atom. The predicted molar refractivity (Wildman–Crippen MR) is 76.7 cm³/mol. The fourth-order valence-corrected chi connectivity index (χ4v) is 2.31. The van der Waals surface area contributed by atoms with E-state index in [0.29, 0.717) is 12.1 Å². The van der Waals surface area contributed by atoms with E-state index < -0.39 is 0 Å². The number of carbonyl (C=O) groups is 1. The highest BCUT2D eigenvalue weighted by atomic mass is 127. The fraction of sp³-hybridized carbons (Fsp3) is 0.462. The van der Waals surface area contributed by atoms with Gasteiger partial charge in [0, 0.05) is 18.7 Å². The van der Waals surface area contributed by atoms with E-state index in [2.05, 4.69) is 5.32 Å². The van der Waals surface area contributed by atoms with Crippen molar-refractivity contribution in [3.63, 3.8) is 0 Å². The average molecular weight is 361 g/mol. The van der Waals surface area contributed by atoms with Gasteiger partial charge in [-0.2, -0.15) is 0 Å². The maximum atomic E-state index is 11.8. The summed E-state index contributed by atoms with van der Waals surface area (Å²) in [7, 11) is 0. The Labute approximate surface area is 120 Å². The molecule has 1 saturated heterocycles. The summed E-state index contributed by atoms with van der Waals surface area (Å²) in [4.78, 5) is 11.8. The van der Waals surface area contributed by atoms with Crippen molar-refractivity contribution in [2.75, 3.05) is 13.2 Å². The Bertz CT molecular complexity index is 430. The predicted octanol–water partition coefficient (Wildman–Crippen LogP) is 2.30. The van der Waals surface area contributed by atoms with Crippen LogP contribution in [0.15, 0.2) is 18.2 Å². The van der Waals surface area contributed by atoms with Crippen LogP contribution in [-0.2, 0) is 4.74 Å². The number of carbonyl (C=O) groups excluding carboxylic acids is 1. The normalized spacial score (nSPS) is 18.8. The molecule has 1 amide bonds. The topological polar surface area (TPSA) is 58.6 Å². The summed E-state index contributed by atoms with van der Waals surface area (Å²) in [5, 5.41) is 12.4. The summed E-state index contributed by atoms with van der Waals surface area (Å²) < 4.78 is 6.22. The van der Waals surface area contributed by atoms with Gasteiger partial charge in [-0.3, -0.25) is 4.79 Å². The van der Waals surface area contributed by atoms with Crippen LogP contribution in [-0.4, -0.2) is 30.3 Å². The van der Waals surface area contributed by atoms with Crippen molar-refractivity contribution in [2.45, 2.75) is 25.4 Å². The maximum Gasteiger partial charge on any atom is 0.251 e. The van der Waals surface area contributed by atoms with Gasteiger partial charge in [-0.05, 0) is 60.1 Å². The molecule has 1 fully saturated rings. The van der Waals surface area contributed by atoms with Gasteiger partial charge in [0.05, 0.1) is 9.67 Å². The molecule has 0 spiro atoms. The lowest BCUT2D eigenvalue weighted by Gasteiger charge is -2.10. The van der Waals surface area contributed by atoms with Crippen LogP contribution < -0.4 is 5.32 Å². The minimum absolute atomic E-state index is 0.141. The first-order chi connectivity index (χ1) is 8.66. The Morgan fingerprint density at radius 3 is 3.06 bits per heavy atom. The highest BCUT2D eigenvalue weighted by molar-refractivity contribution is 14.1. The molecule has 0 aromatic heterocycles. The summed E-state index contributed by atoms with van der Waals surface area (Å²) in [6.07, 6.45) is 3.33. The molecule has 1 atom stereocenters. The van der Waals surface area contributed by atoms with E-state index in [-0.39, 0.29) is 17.8 Å². The van der Waals surface area contributed by atoms with E-state index in [1.807, 2.05) is 22.6 Å². The smallest absolute Gasteiger partial charge is 0.251 e. The monoisotopic (exact) mass is 361 g/mol. The summed E-state index contributed by atoms with van der Waals surface area (Å²) in [5.74, 6) is -0.0120. The third-order valence-electron chi connectivity index (χ3n) is 2.98. The Morgan fingerprint density at radius 2 is 2.39 bits per heavy atom. The summed E-state index contributed by atoms with van der Waals surface area (Å²) in [6.45, 7) is 1.44. The summed E-state index contributed by atoms with van der Waals surface area (Å²) >= 11 is 2.02. The molecule has 98 valence electrons. The lowest BCUT2D eigenvalue weighted by Crippen LogP contribution is -2.27. The zero-order chi connectivity index (χ0) is 13.0. The molecule has 1 aromatic carbocycles. The van der Waals surface area contributed by atoms with Crippen molar-refractivity contribution in [3.8, 4) is 5.75 Å². The van der Waals surface area contributed by atoms with Gasteiger partial charge >= 0.3 is 0 Å². The Hall–Kier alpha value is -0.820. The first kappa shape index (κ1) is 13.6. The first-order valence-electron chi connectivity index (χ1n) is 6.05. The van der Waals surface area contributed by atoms with Gasteiger partial charge in [0.15, 0.2) is 0 Å². The molecule has 1 aromatic rings. The number of phenols is 1. The summed E-state index contributed by atoms with van der Waals surface area (Å²) in [6, 6.07) is 4.93. The third-order valence-corrected chi connectivity index (χ3v) is 3.90. The van der Waals surface area contributed by atoms with Gasteiger partial charge in [0.25, 0.3) is 5.91 Å². The molecule has 0 radical (unpaired) electrons. The van der Waals surface area contributed by atoms with E-state index in [1.165, 1.54) is 6.07 Å². The Kier molecular flexibility index (Phi) is 4.82. The number of ether oxygens (including phenoxy) is 1. The van der Waals surface area contributed by atoms with Crippen LogP contribution in [0.1, 0.15) is 29.6 Å². The number of nitrogens with one attached hydrogen (secondary N) is 1. The van der Waals surface area contributed by atoms with Crippen LogP contribution >= 0.6 is 22.6 Å². The van der Waals surface area contributed by atoms with Gasteiger partial charge < -0.3 is 15.2 Å². The maximum absolute atomic E-state index is 11.8. The van der Waals surface area contributed by atoms with Crippen molar-refractivity contribution < 1.29 is 14.6 Å². The number of hydrogen-bond donors (Lipinski definition) is 2. The van der Waals surface area contributed by atoms with E-state index >= 15 is 0 Å². The molecule has 1 aliphatic rings. The van der Waals surface area contributed by atoms with E-state index in [4.69, 9.17) is 4.74 Å². The largest absolute Gasteiger partial charge is 0.507 e. The molecular formula is C13H16INO3. The molecular weight excluding hydrogens is 345 g/mol. The molecule has 18 heavy (non-hydrogen) atoms. The first-order valence-corrected chi connectivity index (χ1v) is 7.13. The molecule has 2 N–H and O–H groups in total. The average Bonchev–Trinajstić information content (AvgIpc) is 2.85. The molecule has 1 aliphatic heterocycles. The molecule has 0 saturated carbocycles. The van der Waals surface area contributed by atoms with Crippen LogP contribution in [0.5, 0.6) is 5.75 Å². The van der Waals surface area contributed by atoms with Crippen molar-refractivity contribution in [1.82, 2.24) is 5.32 Å². The van der Waals surface area contributed by atoms with Crippen LogP contribution in [0.25, 0.3) is 0 Å². The van der Waals surface area contributed by atoms with E-state index in [1.54, 1.807) is 12.1 Å². The van der Waals surface area contributed by atoms with Gasteiger partial charge in [-0.15, -0.1) is 0 Å². The lowest BCUT2D eigenvalue weighted by molar-refractivity contribution is 0.0907. The van der Waals surface area contributed by atoms with Gasteiger partial charge in [0.1, 0.15) is 5.75 Å². The molecule has 1 heterocycles. The van der Waals surface area contributed by atoms with E-state index in [0.717, 1.165) is 29.4 Å². The van der Waals surface area contributed by atoms with Crippen LogP contribution in [0, 0.1) is 3.57 Å². The zero-order valence-corrected chi connectivity index (χ0v) is 12.1. The van der Waals surface area contributed by atoms with Crippen LogP contribution in [0.3, 0.4) is 0 Å². The number of phenolic OH excluding ortho intramolecular Hbond substituents is 1. The second-order valence-electron chi connectivity index (χ2n) is 4.35. The number of aromatic hydroxyl groups is 1. The van der Waals surface area contributed by atoms with Crippen molar-refractivity contribution in [3.05, 3.63) is 27.3 Å². The molecule has 4 nitrogen and oxygen atoms in total. The summed E-state index contributed by atoms with van der Waals surface area (Å²) in [5.41, 5.74) is 0.486. The molecule has 5 heteroatoms. The number of amides is 1. The van der Waals surface area contributed by atoms with Gasteiger partial charge in [-0.1, -0.05) is 0 Å². The third kappa shape index (κ3) is 3.58. The van der Waals surface area contributed by atoms with Crippen molar-refractivity contribution in [2.24, 2.45) is 0 Å². The van der Waals surface area contributed by atoms with Gasteiger partial charge in [0.2, 0.25) is 0 Å². The SMILES string of the molecule is O=C(NCCC1CCCO1)c1ccc(I)c(O)c1.